The summed E-state index contributed by atoms with van der Waals surface area (Å²) in [5, 5.41) is 13.4. The molecule has 1 atom stereocenters. The molecule has 4 aromatic rings. The lowest BCUT2D eigenvalue weighted by Gasteiger charge is -2.37. The van der Waals surface area contributed by atoms with Crippen LogP contribution in [-0.4, -0.2) is 75.3 Å². The molecule has 0 unspecified atom stereocenters. The first kappa shape index (κ1) is 22.2. The Labute approximate surface area is 195 Å². The molecule has 1 aliphatic rings. The molecule has 2 aromatic carbocycles. The first-order valence-corrected chi connectivity index (χ1v) is 11.2. The second-order valence-corrected chi connectivity index (χ2v) is 8.57. The van der Waals surface area contributed by atoms with Crippen LogP contribution in [0, 0.1) is 5.82 Å². The SMILES string of the molecule is COc1ccc2cc([C@@H](c3nnnn3Cc3ccc(F)cc3)N3CCN(C)CC3)c(=O)[nH]c2c1. The van der Waals surface area contributed by atoms with Crippen molar-refractivity contribution in [3.63, 3.8) is 0 Å². The van der Waals surface area contributed by atoms with E-state index in [1.54, 1.807) is 23.9 Å². The monoisotopic (exact) mass is 463 g/mol. The lowest BCUT2D eigenvalue weighted by Crippen LogP contribution is -2.47. The van der Waals surface area contributed by atoms with Crippen LogP contribution >= 0.6 is 0 Å². The molecule has 0 saturated carbocycles. The largest absolute Gasteiger partial charge is 0.497 e. The van der Waals surface area contributed by atoms with Crippen molar-refractivity contribution < 1.29 is 9.13 Å². The van der Waals surface area contributed by atoms with Crippen molar-refractivity contribution in [1.29, 1.82) is 0 Å². The van der Waals surface area contributed by atoms with Gasteiger partial charge >= 0.3 is 0 Å². The number of aromatic nitrogens is 5. The molecule has 0 bridgehead atoms. The predicted molar refractivity (Wildman–Crippen MR) is 125 cm³/mol. The van der Waals surface area contributed by atoms with Crippen LogP contribution in [0.2, 0.25) is 0 Å². The molecule has 10 heteroatoms. The molecule has 3 heterocycles. The van der Waals surface area contributed by atoms with Crippen LogP contribution in [0.3, 0.4) is 0 Å². The molecule has 1 saturated heterocycles. The number of pyridine rings is 1. The molecule has 2 aromatic heterocycles. The maximum atomic E-state index is 13.4. The van der Waals surface area contributed by atoms with E-state index in [4.69, 9.17) is 4.74 Å². The van der Waals surface area contributed by atoms with Crippen LogP contribution < -0.4 is 10.3 Å². The summed E-state index contributed by atoms with van der Waals surface area (Å²) in [5.41, 5.74) is 1.96. The van der Waals surface area contributed by atoms with Crippen LogP contribution in [0.4, 0.5) is 4.39 Å². The fraction of sp³-hybridized carbons (Fsp3) is 0.333. The number of aromatic amines is 1. The number of ether oxygens (including phenoxy) is 1. The topological polar surface area (TPSA) is 92.2 Å². The Hall–Kier alpha value is -3.63. The maximum absolute atomic E-state index is 13.4. The quantitative estimate of drug-likeness (QED) is 0.468. The van der Waals surface area contributed by atoms with E-state index < -0.39 is 6.04 Å². The van der Waals surface area contributed by atoms with Gasteiger partial charge in [0.1, 0.15) is 17.6 Å². The van der Waals surface area contributed by atoms with E-state index in [2.05, 4.69) is 37.4 Å². The van der Waals surface area contributed by atoms with E-state index in [9.17, 15) is 9.18 Å². The van der Waals surface area contributed by atoms with E-state index in [0.717, 1.165) is 37.1 Å². The van der Waals surface area contributed by atoms with Crippen molar-refractivity contribution in [2.45, 2.75) is 12.6 Å². The van der Waals surface area contributed by atoms with Crippen molar-refractivity contribution in [1.82, 2.24) is 35.0 Å². The highest BCUT2D eigenvalue weighted by atomic mass is 19.1. The number of likely N-dealkylation sites (N-methyl/N-ethyl adjacent to an activating group) is 1. The molecule has 0 spiro atoms. The van der Waals surface area contributed by atoms with E-state index >= 15 is 0 Å². The van der Waals surface area contributed by atoms with Crippen molar-refractivity contribution in [2.75, 3.05) is 40.3 Å². The normalized spacial score (nSPS) is 16.1. The molecule has 1 N–H and O–H groups in total. The Morgan fingerprint density at radius 1 is 1.09 bits per heavy atom. The summed E-state index contributed by atoms with van der Waals surface area (Å²) in [7, 11) is 3.68. The van der Waals surface area contributed by atoms with Crippen molar-refractivity contribution in [3.05, 3.63) is 81.7 Å². The Morgan fingerprint density at radius 2 is 1.85 bits per heavy atom. The van der Waals surface area contributed by atoms with E-state index in [1.807, 2.05) is 24.3 Å². The number of tetrazole rings is 1. The van der Waals surface area contributed by atoms with Gasteiger partial charge in [0, 0.05) is 37.8 Å². The van der Waals surface area contributed by atoms with Gasteiger partial charge in [0.05, 0.1) is 19.2 Å². The van der Waals surface area contributed by atoms with Gasteiger partial charge in [-0.25, -0.2) is 9.07 Å². The van der Waals surface area contributed by atoms with Crippen molar-refractivity contribution in [3.8, 4) is 5.75 Å². The number of methoxy groups -OCH3 is 1. The summed E-state index contributed by atoms with van der Waals surface area (Å²) in [6, 6.07) is 13.3. The first-order valence-electron chi connectivity index (χ1n) is 11.2. The Morgan fingerprint density at radius 3 is 2.59 bits per heavy atom. The smallest absolute Gasteiger partial charge is 0.253 e. The van der Waals surface area contributed by atoms with Gasteiger partial charge in [-0.2, -0.15) is 0 Å². The van der Waals surface area contributed by atoms with Gasteiger partial charge in [0.2, 0.25) is 0 Å². The molecule has 5 rings (SSSR count). The first-order chi connectivity index (χ1) is 16.5. The van der Waals surface area contributed by atoms with Gasteiger partial charge in [-0.3, -0.25) is 9.69 Å². The number of piperazine rings is 1. The zero-order valence-corrected chi connectivity index (χ0v) is 19.1. The highest BCUT2D eigenvalue weighted by Gasteiger charge is 2.32. The van der Waals surface area contributed by atoms with Gasteiger partial charge in [0.15, 0.2) is 5.82 Å². The maximum Gasteiger partial charge on any atom is 0.253 e. The molecule has 176 valence electrons. The summed E-state index contributed by atoms with van der Waals surface area (Å²) < 4.78 is 20.4. The molecule has 34 heavy (non-hydrogen) atoms. The summed E-state index contributed by atoms with van der Waals surface area (Å²) in [6.45, 7) is 3.66. The minimum atomic E-state index is -0.431. The van der Waals surface area contributed by atoms with Gasteiger partial charge in [-0.15, -0.1) is 5.10 Å². The highest BCUT2D eigenvalue weighted by molar-refractivity contribution is 5.80. The number of nitrogens with zero attached hydrogens (tertiary/aromatic N) is 6. The minimum absolute atomic E-state index is 0.194. The number of halogens is 1. The number of H-pyrrole nitrogens is 1. The van der Waals surface area contributed by atoms with Crippen LogP contribution in [0.25, 0.3) is 10.9 Å². The highest BCUT2D eigenvalue weighted by Crippen LogP contribution is 2.28. The van der Waals surface area contributed by atoms with Crippen LogP contribution in [-0.2, 0) is 6.54 Å². The summed E-state index contributed by atoms with van der Waals surface area (Å²) in [6.07, 6.45) is 0. The van der Waals surface area contributed by atoms with E-state index in [1.165, 1.54) is 12.1 Å². The Bertz CT molecular complexity index is 1340. The van der Waals surface area contributed by atoms with Crippen LogP contribution in [0.1, 0.15) is 23.0 Å². The summed E-state index contributed by atoms with van der Waals surface area (Å²) >= 11 is 0. The third kappa shape index (κ3) is 4.42. The van der Waals surface area contributed by atoms with Gasteiger partial charge < -0.3 is 14.6 Å². The number of hydrogen-bond acceptors (Lipinski definition) is 7. The molecule has 0 radical (unpaired) electrons. The Balaban J connectivity index is 1.59. The molecular formula is C24H26FN7O2. The molecular weight excluding hydrogens is 437 g/mol. The van der Waals surface area contributed by atoms with Crippen LogP contribution in [0.15, 0.2) is 53.3 Å². The standard InChI is InChI=1S/C24H26FN7O2/c1-30-9-11-31(12-10-30)22(20-13-17-5-8-19(34-2)14-21(17)26-24(20)33)23-27-28-29-32(23)15-16-3-6-18(25)7-4-16/h3-8,13-14,22H,9-12,15H2,1-2H3,(H,26,33)/t22-/m0/s1. The average molecular weight is 464 g/mol. The molecule has 1 aliphatic heterocycles. The predicted octanol–water partition coefficient (Wildman–Crippen LogP) is 2.05. The number of benzene rings is 2. The van der Waals surface area contributed by atoms with Crippen molar-refractivity contribution in [2.24, 2.45) is 0 Å². The zero-order valence-electron chi connectivity index (χ0n) is 19.1. The van der Waals surface area contributed by atoms with Gasteiger partial charge in [-0.1, -0.05) is 12.1 Å². The number of fused-ring (bicyclic) bond motifs is 1. The zero-order chi connectivity index (χ0) is 23.7. The second kappa shape index (κ2) is 9.32. The minimum Gasteiger partial charge on any atom is -0.497 e. The molecule has 0 aliphatic carbocycles. The third-order valence-corrected chi connectivity index (χ3v) is 6.33. The molecule has 0 amide bonds. The Kier molecular flexibility index (Phi) is 6.08. The summed E-state index contributed by atoms with van der Waals surface area (Å²) in [4.78, 5) is 20.8. The third-order valence-electron chi connectivity index (χ3n) is 6.33. The fourth-order valence-electron chi connectivity index (χ4n) is 4.39. The molecule has 1 fully saturated rings. The average Bonchev–Trinajstić information content (AvgIpc) is 3.29. The van der Waals surface area contributed by atoms with Crippen LogP contribution in [0.5, 0.6) is 5.75 Å². The van der Waals surface area contributed by atoms with Crippen molar-refractivity contribution >= 4 is 10.9 Å². The molecule has 9 nitrogen and oxygen atoms in total. The van der Waals surface area contributed by atoms with Gasteiger partial charge in [-0.05, 0) is 58.8 Å². The van der Waals surface area contributed by atoms with E-state index in [-0.39, 0.29) is 11.4 Å². The fourth-order valence-corrected chi connectivity index (χ4v) is 4.39. The lowest BCUT2D eigenvalue weighted by atomic mass is 10.0. The lowest BCUT2D eigenvalue weighted by molar-refractivity contribution is 0.121. The number of rotatable bonds is 6. The summed E-state index contributed by atoms with van der Waals surface area (Å²) in [5.74, 6) is 0.956. The second-order valence-electron chi connectivity index (χ2n) is 8.57. The number of hydrogen-bond donors (Lipinski definition) is 1. The van der Waals surface area contributed by atoms with Gasteiger partial charge in [0.25, 0.3) is 5.56 Å². The number of nitrogens with one attached hydrogen (secondary N) is 1. The van der Waals surface area contributed by atoms with E-state index in [0.29, 0.717) is 29.2 Å².